The molecule has 8 heteroatoms. The third kappa shape index (κ3) is 5.22. The first kappa shape index (κ1) is 17.2. The first-order valence-corrected chi connectivity index (χ1v) is 7.00. The van der Waals surface area contributed by atoms with Gasteiger partial charge in [0.1, 0.15) is 0 Å². The van der Waals surface area contributed by atoms with Crippen LogP contribution in [0.25, 0.3) is 0 Å². The zero-order valence-corrected chi connectivity index (χ0v) is 12.6. The SMILES string of the molecule is O=C(CNCc1ccncc1)Nc1cc(C(F)(F)F)ccc1Cl. The van der Waals surface area contributed by atoms with Gasteiger partial charge < -0.3 is 10.6 Å². The van der Waals surface area contributed by atoms with Crippen LogP contribution < -0.4 is 10.6 Å². The molecule has 23 heavy (non-hydrogen) atoms. The van der Waals surface area contributed by atoms with Crippen LogP contribution in [0.4, 0.5) is 18.9 Å². The summed E-state index contributed by atoms with van der Waals surface area (Å²) in [5.41, 5.74) is -0.0101. The van der Waals surface area contributed by atoms with Crippen LogP contribution in [0.3, 0.4) is 0 Å². The number of hydrogen-bond acceptors (Lipinski definition) is 3. The van der Waals surface area contributed by atoms with Gasteiger partial charge in [0, 0.05) is 18.9 Å². The van der Waals surface area contributed by atoms with Crippen LogP contribution in [0, 0.1) is 0 Å². The summed E-state index contributed by atoms with van der Waals surface area (Å²) in [6.07, 6.45) is -1.25. The average molecular weight is 344 g/mol. The number of nitrogens with zero attached hydrogens (tertiary/aromatic N) is 1. The van der Waals surface area contributed by atoms with Crippen molar-refractivity contribution in [1.82, 2.24) is 10.3 Å². The Kier molecular flexibility index (Phi) is 5.57. The van der Waals surface area contributed by atoms with E-state index < -0.39 is 17.6 Å². The number of benzene rings is 1. The molecule has 0 saturated carbocycles. The summed E-state index contributed by atoms with van der Waals surface area (Å²) in [5, 5.41) is 5.29. The number of carbonyl (C=O) groups is 1. The molecule has 1 amide bonds. The molecule has 0 radical (unpaired) electrons. The van der Waals surface area contributed by atoms with Crippen LogP contribution in [-0.4, -0.2) is 17.4 Å². The first-order valence-electron chi connectivity index (χ1n) is 6.62. The standard InChI is InChI=1S/C15H13ClF3N3O/c16-12-2-1-11(15(17,18)19)7-13(12)22-14(23)9-21-8-10-3-5-20-6-4-10/h1-7,21H,8-9H2,(H,22,23). The number of carbonyl (C=O) groups excluding carboxylic acids is 1. The lowest BCUT2D eigenvalue weighted by Gasteiger charge is -2.12. The van der Waals surface area contributed by atoms with Gasteiger partial charge in [0.25, 0.3) is 0 Å². The van der Waals surface area contributed by atoms with E-state index in [2.05, 4.69) is 15.6 Å². The van der Waals surface area contributed by atoms with Gasteiger partial charge >= 0.3 is 6.18 Å². The molecule has 0 saturated heterocycles. The Bertz CT molecular complexity index is 677. The van der Waals surface area contributed by atoms with E-state index in [4.69, 9.17) is 11.6 Å². The molecule has 0 bridgehead atoms. The number of halogens is 4. The monoisotopic (exact) mass is 343 g/mol. The lowest BCUT2D eigenvalue weighted by Crippen LogP contribution is -2.28. The Morgan fingerprint density at radius 2 is 1.87 bits per heavy atom. The van der Waals surface area contributed by atoms with Crippen LogP contribution in [0.15, 0.2) is 42.7 Å². The maximum Gasteiger partial charge on any atom is 0.416 e. The second kappa shape index (κ2) is 7.43. The zero-order valence-electron chi connectivity index (χ0n) is 11.8. The third-order valence-electron chi connectivity index (χ3n) is 2.93. The number of anilines is 1. The zero-order chi connectivity index (χ0) is 16.9. The number of pyridine rings is 1. The molecule has 2 N–H and O–H groups in total. The average Bonchev–Trinajstić information content (AvgIpc) is 2.49. The predicted molar refractivity (Wildman–Crippen MR) is 81.0 cm³/mol. The molecule has 4 nitrogen and oxygen atoms in total. The maximum absolute atomic E-state index is 12.7. The van der Waals surface area contributed by atoms with Crippen molar-refractivity contribution in [2.75, 3.05) is 11.9 Å². The first-order chi connectivity index (χ1) is 10.9. The van der Waals surface area contributed by atoms with Crippen molar-refractivity contribution in [2.45, 2.75) is 12.7 Å². The van der Waals surface area contributed by atoms with Crippen molar-refractivity contribution in [1.29, 1.82) is 0 Å². The minimum Gasteiger partial charge on any atom is -0.324 e. The van der Waals surface area contributed by atoms with Crippen molar-refractivity contribution >= 4 is 23.2 Å². The van der Waals surface area contributed by atoms with E-state index >= 15 is 0 Å². The smallest absolute Gasteiger partial charge is 0.324 e. The second-order valence-electron chi connectivity index (χ2n) is 4.70. The molecule has 0 aliphatic rings. The van der Waals surface area contributed by atoms with Gasteiger partial charge in [-0.2, -0.15) is 13.2 Å². The van der Waals surface area contributed by atoms with Gasteiger partial charge in [0.2, 0.25) is 5.91 Å². The van der Waals surface area contributed by atoms with Crippen LogP contribution in [0.2, 0.25) is 5.02 Å². The van der Waals surface area contributed by atoms with E-state index in [1.807, 2.05) is 0 Å². The van der Waals surface area contributed by atoms with Crippen LogP contribution in [0.1, 0.15) is 11.1 Å². The topological polar surface area (TPSA) is 54.0 Å². The lowest BCUT2D eigenvalue weighted by molar-refractivity contribution is -0.137. The summed E-state index contributed by atoms with van der Waals surface area (Å²) in [6, 6.07) is 6.34. The fourth-order valence-electron chi connectivity index (χ4n) is 1.81. The molecule has 0 fully saturated rings. The van der Waals surface area contributed by atoms with E-state index in [1.165, 1.54) is 0 Å². The fourth-order valence-corrected chi connectivity index (χ4v) is 1.98. The van der Waals surface area contributed by atoms with E-state index in [0.29, 0.717) is 6.54 Å². The molecule has 2 rings (SSSR count). The van der Waals surface area contributed by atoms with Gasteiger partial charge in [-0.1, -0.05) is 11.6 Å². The van der Waals surface area contributed by atoms with Gasteiger partial charge in [-0.3, -0.25) is 9.78 Å². The molecule has 1 heterocycles. The molecular formula is C15H13ClF3N3O. The third-order valence-corrected chi connectivity index (χ3v) is 3.26. The minimum atomic E-state index is -4.50. The molecule has 0 spiro atoms. The molecule has 122 valence electrons. The maximum atomic E-state index is 12.7. The number of hydrogen-bond donors (Lipinski definition) is 2. The molecule has 0 unspecified atom stereocenters. The molecule has 2 aromatic rings. The molecule has 0 aliphatic heterocycles. The Hall–Kier alpha value is -2.12. The highest BCUT2D eigenvalue weighted by atomic mass is 35.5. The normalized spacial score (nSPS) is 11.3. The van der Waals surface area contributed by atoms with E-state index in [-0.39, 0.29) is 17.3 Å². The predicted octanol–water partition coefficient (Wildman–Crippen LogP) is 3.48. The number of nitrogens with one attached hydrogen (secondary N) is 2. The largest absolute Gasteiger partial charge is 0.416 e. The van der Waals surface area contributed by atoms with Crippen molar-refractivity contribution in [2.24, 2.45) is 0 Å². The van der Waals surface area contributed by atoms with Crippen LogP contribution in [0.5, 0.6) is 0 Å². The number of rotatable bonds is 5. The summed E-state index contributed by atoms with van der Waals surface area (Å²) in [7, 11) is 0. The molecule has 1 aromatic heterocycles. The van der Waals surface area contributed by atoms with Crippen molar-refractivity contribution in [3.05, 3.63) is 58.9 Å². The van der Waals surface area contributed by atoms with Crippen LogP contribution in [-0.2, 0) is 17.5 Å². The summed E-state index contributed by atoms with van der Waals surface area (Å²) in [5.74, 6) is -0.486. The minimum absolute atomic E-state index is 0.0421. The van der Waals surface area contributed by atoms with Gasteiger partial charge in [-0.25, -0.2) is 0 Å². The van der Waals surface area contributed by atoms with E-state index in [0.717, 1.165) is 23.8 Å². The van der Waals surface area contributed by atoms with Crippen molar-refractivity contribution < 1.29 is 18.0 Å². The lowest BCUT2D eigenvalue weighted by atomic mass is 10.2. The van der Waals surface area contributed by atoms with Gasteiger partial charge in [0.15, 0.2) is 0 Å². The highest BCUT2D eigenvalue weighted by Crippen LogP contribution is 2.33. The Morgan fingerprint density at radius 1 is 1.17 bits per heavy atom. The second-order valence-corrected chi connectivity index (χ2v) is 5.11. The van der Waals surface area contributed by atoms with Crippen LogP contribution >= 0.6 is 11.6 Å². The van der Waals surface area contributed by atoms with Crippen molar-refractivity contribution in [3.8, 4) is 0 Å². The fraction of sp³-hybridized carbons (Fsp3) is 0.200. The van der Waals surface area contributed by atoms with Gasteiger partial charge in [-0.05, 0) is 35.9 Å². The summed E-state index contributed by atoms with van der Waals surface area (Å²) in [4.78, 5) is 15.7. The van der Waals surface area contributed by atoms with E-state index in [1.54, 1.807) is 24.5 Å². The Morgan fingerprint density at radius 3 is 2.52 bits per heavy atom. The van der Waals surface area contributed by atoms with E-state index in [9.17, 15) is 18.0 Å². The van der Waals surface area contributed by atoms with Gasteiger partial charge in [0.05, 0.1) is 22.8 Å². The summed E-state index contributed by atoms with van der Waals surface area (Å²) >= 11 is 5.81. The van der Waals surface area contributed by atoms with Crippen molar-refractivity contribution in [3.63, 3.8) is 0 Å². The molecule has 0 aliphatic carbocycles. The summed E-state index contributed by atoms with van der Waals surface area (Å²) in [6.45, 7) is 0.376. The number of amides is 1. The molecule has 0 atom stereocenters. The molecule has 1 aromatic carbocycles. The van der Waals surface area contributed by atoms with Gasteiger partial charge in [-0.15, -0.1) is 0 Å². The molecular weight excluding hydrogens is 331 g/mol. The summed E-state index contributed by atoms with van der Waals surface area (Å²) < 4.78 is 38.0. The quantitative estimate of drug-likeness (QED) is 0.874. The number of alkyl halides is 3. The number of aromatic nitrogens is 1. The Balaban J connectivity index is 1.92. The highest BCUT2D eigenvalue weighted by Gasteiger charge is 2.31. The Labute approximate surface area is 135 Å². The highest BCUT2D eigenvalue weighted by molar-refractivity contribution is 6.33.